The summed E-state index contributed by atoms with van der Waals surface area (Å²) in [5.41, 5.74) is 6.58. The van der Waals surface area contributed by atoms with E-state index in [1.165, 1.54) is 0 Å². The minimum atomic E-state index is -0.140. The van der Waals surface area contributed by atoms with E-state index in [-0.39, 0.29) is 11.8 Å². The highest BCUT2D eigenvalue weighted by atomic mass is 79.9. The van der Waals surface area contributed by atoms with E-state index < -0.39 is 0 Å². The van der Waals surface area contributed by atoms with Gasteiger partial charge in [0, 0.05) is 12.3 Å². The topological polar surface area (TPSA) is 63.5 Å². The fraction of sp³-hybridized carbons (Fsp3) is 0.222. The number of aromatic hydroxyl groups is 1. The Morgan fingerprint density at radius 1 is 1.64 bits per heavy atom. The van der Waals surface area contributed by atoms with Crippen molar-refractivity contribution in [3.05, 3.63) is 28.8 Å². The van der Waals surface area contributed by atoms with Gasteiger partial charge in [-0.3, -0.25) is 0 Å². The van der Waals surface area contributed by atoms with Gasteiger partial charge in [0.2, 0.25) is 0 Å². The van der Waals surface area contributed by atoms with Crippen LogP contribution < -0.4 is 5.73 Å². The molecular weight excluding hydrogens is 246 g/mol. The van der Waals surface area contributed by atoms with Gasteiger partial charge in [0.05, 0.1) is 11.6 Å². The summed E-state index contributed by atoms with van der Waals surface area (Å²) in [7, 11) is 0. The highest BCUT2D eigenvalue weighted by molar-refractivity contribution is 9.10. The van der Waals surface area contributed by atoms with Gasteiger partial charge in [-0.15, -0.1) is 0 Å². The first-order chi connectivity index (χ1) is 6.59. The third-order valence-corrected chi connectivity index (χ3v) is 2.60. The number of halogens is 1. The van der Waals surface area contributed by atoms with Gasteiger partial charge in [-0.1, -0.05) is 0 Å². The maximum atomic E-state index is 9.31. The van der Waals surface area contributed by atoms with Crippen LogP contribution in [0.3, 0.4) is 0 Å². The molecule has 0 aromatic carbocycles. The van der Waals surface area contributed by atoms with Crippen molar-refractivity contribution >= 4 is 21.4 Å². The zero-order valence-electron chi connectivity index (χ0n) is 7.61. The second-order valence-corrected chi connectivity index (χ2v) is 3.94. The van der Waals surface area contributed by atoms with E-state index >= 15 is 0 Å². The molecule has 1 unspecified atom stereocenters. The van der Waals surface area contributed by atoms with E-state index in [0.29, 0.717) is 4.60 Å². The summed E-state index contributed by atoms with van der Waals surface area (Å²) < 4.78 is 2.55. The van der Waals surface area contributed by atoms with Crippen molar-refractivity contribution in [2.75, 3.05) is 0 Å². The van der Waals surface area contributed by atoms with Gasteiger partial charge >= 0.3 is 0 Å². The second-order valence-electron chi connectivity index (χ2n) is 3.19. The molecule has 0 saturated carbocycles. The zero-order valence-corrected chi connectivity index (χ0v) is 9.19. The Morgan fingerprint density at radius 3 is 3.00 bits per heavy atom. The largest absolute Gasteiger partial charge is 0.508 e. The van der Waals surface area contributed by atoms with E-state index in [4.69, 9.17) is 5.73 Å². The van der Waals surface area contributed by atoms with Crippen molar-refractivity contribution in [1.82, 2.24) is 9.38 Å². The molecule has 3 N–H and O–H groups in total. The monoisotopic (exact) mass is 255 g/mol. The van der Waals surface area contributed by atoms with Crippen LogP contribution >= 0.6 is 15.9 Å². The summed E-state index contributed by atoms with van der Waals surface area (Å²) in [6.07, 6.45) is 1.75. The molecule has 0 aliphatic heterocycles. The normalized spacial score (nSPS) is 13.4. The molecule has 0 radical (unpaired) electrons. The second kappa shape index (κ2) is 3.25. The SMILES string of the molecule is CC(N)c1nc(Br)c2cc(O)ccn12. The number of nitrogens with two attached hydrogens (primary N) is 1. The van der Waals surface area contributed by atoms with Crippen LogP contribution in [-0.2, 0) is 0 Å². The molecule has 2 aromatic heterocycles. The predicted molar refractivity (Wildman–Crippen MR) is 57.2 cm³/mol. The predicted octanol–water partition coefficient (Wildman–Crippen LogP) is 1.82. The van der Waals surface area contributed by atoms with Crippen LogP contribution in [0.25, 0.3) is 5.52 Å². The number of rotatable bonds is 1. The number of aromatic nitrogens is 2. The van der Waals surface area contributed by atoms with E-state index in [1.807, 2.05) is 11.3 Å². The van der Waals surface area contributed by atoms with Gasteiger partial charge < -0.3 is 15.2 Å². The lowest BCUT2D eigenvalue weighted by atomic mass is 10.3. The maximum absolute atomic E-state index is 9.31. The summed E-state index contributed by atoms with van der Waals surface area (Å²) in [5.74, 6) is 0.987. The Labute approximate surface area is 89.5 Å². The number of imidazole rings is 1. The van der Waals surface area contributed by atoms with E-state index in [9.17, 15) is 5.11 Å². The van der Waals surface area contributed by atoms with Crippen molar-refractivity contribution in [2.24, 2.45) is 5.73 Å². The lowest BCUT2D eigenvalue weighted by Crippen LogP contribution is -2.09. The summed E-state index contributed by atoms with van der Waals surface area (Å²) in [6.45, 7) is 1.87. The van der Waals surface area contributed by atoms with Crippen LogP contribution in [0, 0.1) is 0 Å². The maximum Gasteiger partial charge on any atom is 0.132 e. The molecule has 0 saturated heterocycles. The summed E-state index contributed by atoms with van der Waals surface area (Å²) in [5, 5.41) is 9.31. The summed E-state index contributed by atoms with van der Waals surface area (Å²) in [4.78, 5) is 4.27. The first-order valence-electron chi connectivity index (χ1n) is 4.21. The Hall–Kier alpha value is -1.07. The highest BCUT2D eigenvalue weighted by Gasteiger charge is 2.12. The third-order valence-electron chi connectivity index (χ3n) is 2.02. The molecule has 74 valence electrons. The van der Waals surface area contributed by atoms with Crippen molar-refractivity contribution in [2.45, 2.75) is 13.0 Å². The molecule has 0 bridgehead atoms. The molecular formula is C9H10BrN3O. The fourth-order valence-electron chi connectivity index (χ4n) is 1.38. The van der Waals surface area contributed by atoms with Gasteiger partial charge in [-0.05, 0) is 28.9 Å². The molecule has 4 nitrogen and oxygen atoms in total. The van der Waals surface area contributed by atoms with Crippen molar-refractivity contribution in [3.63, 3.8) is 0 Å². The smallest absolute Gasteiger partial charge is 0.132 e. The van der Waals surface area contributed by atoms with Crippen LogP contribution in [0.2, 0.25) is 0 Å². The Morgan fingerprint density at radius 2 is 2.36 bits per heavy atom. The van der Waals surface area contributed by atoms with Gasteiger partial charge in [-0.2, -0.15) is 0 Å². The minimum Gasteiger partial charge on any atom is -0.508 e. The van der Waals surface area contributed by atoms with E-state index in [2.05, 4.69) is 20.9 Å². The molecule has 2 heterocycles. The van der Waals surface area contributed by atoms with Crippen molar-refractivity contribution in [3.8, 4) is 5.75 Å². The molecule has 0 aliphatic rings. The molecule has 2 rings (SSSR count). The molecule has 0 aliphatic carbocycles. The van der Waals surface area contributed by atoms with E-state index in [1.54, 1.807) is 18.3 Å². The summed E-state index contributed by atoms with van der Waals surface area (Å²) in [6, 6.07) is 3.11. The zero-order chi connectivity index (χ0) is 10.3. The minimum absolute atomic E-state index is 0.140. The van der Waals surface area contributed by atoms with Crippen molar-refractivity contribution in [1.29, 1.82) is 0 Å². The van der Waals surface area contributed by atoms with Crippen LogP contribution in [0.5, 0.6) is 5.75 Å². The van der Waals surface area contributed by atoms with Crippen molar-refractivity contribution < 1.29 is 5.11 Å². The number of fused-ring (bicyclic) bond motifs is 1. The van der Waals surface area contributed by atoms with Gasteiger partial charge in [-0.25, -0.2) is 4.98 Å². The Bertz CT molecular complexity index is 478. The number of hydrogen-bond acceptors (Lipinski definition) is 3. The van der Waals surface area contributed by atoms with Crippen LogP contribution in [0.15, 0.2) is 22.9 Å². The van der Waals surface area contributed by atoms with E-state index in [0.717, 1.165) is 11.3 Å². The average Bonchev–Trinajstić information content (AvgIpc) is 2.44. The lowest BCUT2D eigenvalue weighted by molar-refractivity contribution is 0.475. The summed E-state index contributed by atoms with van der Waals surface area (Å²) >= 11 is 3.32. The first kappa shape index (κ1) is 9.48. The van der Waals surface area contributed by atoms with Crippen LogP contribution in [-0.4, -0.2) is 14.5 Å². The van der Waals surface area contributed by atoms with Gasteiger partial charge in [0.1, 0.15) is 16.2 Å². The highest BCUT2D eigenvalue weighted by Crippen LogP contribution is 2.24. The number of nitrogens with zero attached hydrogens (tertiary/aromatic N) is 2. The molecule has 0 spiro atoms. The number of hydrogen-bond donors (Lipinski definition) is 2. The first-order valence-corrected chi connectivity index (χ1v) is 5.01. The number of pyridine rings is 1. The van der Waals surface area contributed by atoms with Crippen LogP contribution in [0.4, 0.5) is 0 Å². The molecule has 1 atom stereocenters. The molecule has 5 heteroatoms. The average molecular weight is 256 g/mol. The Balaban J connectivity index is 2.77. The lowest BCUT2D eigenvalue weighted by Gasteiger charge is -2.03. The molecule has 0 fully saturated rings. The molecule has 14 heavy (non-hydrogen) atoms. The van der Waals surface area contributed by atoms with Gasteiger partial charge in [0.25, 0.3) is 0 Å². The van der Waals surface area contributed by atoms with Crippen LogP contribution in [0.1, 0.15) is 18.8 Å². The van der Waals surface area contributed by atoms with Gasteiger partial charge in [0.15, 0.2) is 0 Å². The Kier molecular flexibility index (Phi) is 2.20. The third kappa shape index (κ3) is 1.38. The molecule has 2 aromatic rings. The standard InChI is InChI=1S/C9H10BrN3O/c1-5(11)9-12-8(10)7-4-6(14)2-3-13(7)9/h2-5,14H,11H2,1H3. The fourth-order valence-corrected chi connectivity index (χ4v) is 1.87. The quantitative estimate of drug-likeness (QED) is 0.818. The molecule has 0 amide bonds.